The van der Waals surface area contributed by atoms with Gasteiger partial charge in [0.15, 0.2) is 0 Å². The Morgan fingerprint density at radius 2 is 1.95 bits per heavy atom. The maximum Gasteiger partial charge on any atom is 0.141 e. The van der Waals surface area contributed by atoms with Crippen LogP contribution in [0.4, 0.5) is 0 Å². The van der Waals surface area contributed by atoms with Gasteiger partial charge in [-0.1, -0.05) is 19.3 Å². The molecule has 0 radical (unpaired) electrons. The Kier molecular flexibility index (Phi) is 4.96. The minimum atomic E-state index is -0.255. The standard InChI is InChI=1S/C15H24N2O3/c1-11-14(20)13(12(9-18)7-16-11)8-17-15(10-19)5-3-2-4-6-15/h7,17-20H,2-6,8-10H2,1H3. The summed E-state index contributed by atoms with van der Waals surface area (Å²) in [5.74, 6) is 0.132. The van der Waals surface area contributed by atoms with Crippen LogP contribution in [-0.2, 0) is 13.2 Å². The zero-order valence-electron chi connectivity index (χ0n) is 12.0. The molecule has 1 aromatic rings. The third-order valence-corrected chi connectivity index (χ3v) is 4.35. The van der Waals surface area contributed by atoms with Crippen LogP contribution < -0.4 is 5.32 Å². The van der Waals surface area contributed by atoms with Gasteiger partial charge in [-0.2, -0.15) is 0 Å². The Morgan fingerprint density at radius 3 is 2.55 bits per heavy atom. The number of nitrogens with zero attached hydrogens (tertiary/aromatic N) is 1. The van der Waals surface area contributed by atoms with Crippen LogP contribution >= 0.6 is 0 Å². The van der Waals surface area contributed by atoms with Gasteiger partial charge in [0.25, 0.3) is 0 Å². The number of aromatic hydroxyl groups is 1. The average Bonchev–Trinajstić information content (AvgIpc) is 2.49. The molecule has 1 aliphatic rings. The van der Waals surface area contributed by atoms with Crippen LogP contribution in [0.3, 0.4) is 0 Å². The van der Waals surface area contributed by atoms with Crippen molar-refractivity contribution in [3.05, 3.63) is 23.0 Å². The Morgan fingerprint density at radius 1 is 1.25 bits per heavy atom. The fourth-order valence-electron chi connectivity index (χ4n) is 2.91. The molecule has 0 bridgehead atoms. The van der Waals surface area contributed by atoms with E-state index in [1.807, 2.05) is 0 Å². The Hall–Kier alpha value is -1.17. The smallest absolute Gasteiger partial charge is 0.141 e. The highest BCUT2D eigenvalue weighted by Gasteiger charge is 2.31. The summed E-state index contributed by atoms with van der Waals surface area (Å²) in [5, 5.41) is 32.6. The van der Waals surface area contributed by atoms with Gasteiger partial charge in [0.2, 0.25) is 0 Å². The molecule has 4 N–H and O–H groups in total. The molecular weight excluding hydrogens is 256 g/mol. The highest BCUT2D eigenvalue weighted by molar-refractivity contribution is 5.40. The maximum atomic E-state index is 10.1. The molecule has 1 aromatic heterocycles. The molecule has 5 nitrogen and oxygen atoms in total. The van der Waals surface area contributed by atoms with Crippen molar-refractivity contribution in [1.29, 1.82) is 0 Å². The number of rotatable bonds is 5. The van der Waals surface area contributed by atoms with Crippen molar-refractivity contribution in [1.82, 2.24) is 10.3 Å². The SMILES string of the molecule is Cc1ncc(CO)c(CNC2(CO)CCCCC2)c1O. The second-order valence-electron chi connectivity index (χ2n) is 5.71. The molecule has 1 saturated carbocycles. The Balaban J connectivity index is 2.15. The summed E-state index contributed by atoms with van der Waals surface area (Å²) < 4.78 is 0. The van der Waals surface area contributed by atoms with Crippen LogP contribution in [0.15, 0.2) is 6.20 Å². The number of hydrogen-bond donors (Lipinski definition) is 4. The number of pyridine rings is 1. The van der Waals surface area contributed by atoms with Gasteiger partial charge in [-0.05, 0) is 19.8 Å². The van der Waals surface area contributed by atoms with E-state index >= 15 is 0 Å². The van der Waals surface area contributed by atoms with Crippen molar-refractivity contribution in [2.75, 3.05) is 6.61 Å². The Bertz CT molecular complexity index is 457. The molecule has 0 unspecified atom stereocenters. The first-order valence-electron chi connectivity index (χ1n) is 7.25. The van der Waals surface area contributed by atoms with Gasteiger partial charge in [0.05, 0.1) is 18.9 Å². The molecule has 1 heterocycles. The van der Waals surface area contributed by atoms with Crippen LogP contribution in [0, 0.1) is 6.92 Å². The zero-order chi connectivity index (χ0) is 14.6. The lowest BCUT2D eigenvalue weighted by atomic mass is 9.82. The number of aliphatic hydroxyl groups excluding tert-OH is 2. The molecule has 20 heavy (non-hydrogen) atoms. The lowest BCUT2D eigenvalue weighted by Crippen LogP contribution is -2.49. The molecular formula is C15H24N2O3. The molecule has 5 heteroatoms. The number of aromatic nitrogens is 1. The normalized spacial score (nSPS) is 18.1. The zero-order valence-corrected chi connectivity index (χ0v) is 12.0. The van der Waals surface area contributed by atoms with E-state index in [-0.39, 0.29) is 24.5 Å². The first kappa shape index (κ1) is 15.2. The Labute approximate surface area is 119 Å². The maximum absolute atomic E-state index is 10.1. The van der Waals surface area contributed by atoms with E-state index < -0.39 is 0 Å². The fourth-order valence-corrected chi connectivity index (χ4v) is 2.91. The van der Waals surface area contributed by atoms with Gasteiger partial charge in [0.1, 0.15) is 5.75 Å². The summed E-state index contributed by atoms with van der Waals surface area (Å²) in [4.78, 5) is 4.06. The fraction of sp³-hybridized carbons (Fsp3) is 0.667. The summed E-state index contributed by atoms with van der Waals surface area (Å²) in [6.07, 6.45) is 6.93. The van der Waals surface area contributed by atoms with E-state index in [0.29, 0.717) is 23.4 Å². The van der Waals surface area contributed by atoms with Crippen molar-refractivity contribution in [2.24, 2.45) is 0 Å². The van der Waals surface area contributed by atoms with Crippen LogP contribution in [-0.4, -0.2) is 32.4 Å². The number of hydrogen-bond acceptors (Lipinski definition) is 5. The summed E-state index contributed by atoms with van der Waals surface area (Å²) >= 11 is 0. The lowest BCUT2D eigenvalue weighted by molar-refractivity contribution is 0.119. The van der Waals surface area contributed by atoms with Crippen molar-refractivity contribution >= 4 is 0 Å². The van der Waals surface area contributed by atoms with Gasteiger partial charge in [-0.15, -0.1) is 0 Å². The summed E-state index contributed by atoms with van der Waals surface area (Å²) in [6.45, 7) is 2.13. The molecule has 0 aliphatic heterocycles. The van der Waals surface area contributed by atoms with E-state index in [0.717, 1.165) is 25.7 Å². The van der Waals surface area contributed by atoms with E-state index in [4.69, 9.17) is 0 Å². The number of nitrogens with one attached hydrogen (secondary N) is 1. The molecule has 0 amide bonds. The summed E-state index contributed by atoms with van der Waals surface area (Å²) in [6, 6.07) is 0. The van der Waals surface area contributed by atoms with Crippen LogP contribution in [0.5, 0.6) is 5.75 Å². The molecule has 0 aromatic carbocycles. The van der Waals surface area contributed by atoms with Crippen molar-refractivity contribution in [3.8, 4) is 5.75 Å². The third kappa shape index (κ3) is 3.11. The number of aliphatic hydroxyl groups is 2. The monoisotopic (exact) mass is 280 g/mol. The van der Waals surface area contributed by atoms with E-state index in [1.165, 1.54) is 6.42 Å². The second-order valence-corrected chi connectivity index (χ2v) is 5.71. The topological polar surface area (TPSA) is 85.6 Å². The van der Waals surface area contributed by atoms with E-state index in [9.17, 15) is 15.3 Å². The van der Waals surface area contributed by atoms with Crippen molar-refractivity contribution in [2.45, 2.75) is 57.7 Å². The van der Waals surface area contributed by atoms with Crippen LogP contribution in [0.25, 0.3) is 0 Å². The third-order valence-electron chi connectivity index (χ3n) is 4.35. The minimum Gasteiger partial charge on any atom is -0.506 e. The number of aryl methyl sites for hydroxylation is 1. The van der Waals surface area contributed by atoms with E-state index in [2.05, 4.69) is 10.3 Å². The average molecular weight is 280 g/mol. The van der Waals surface area contributed by atoms with Crippen LogP contribution in [0.2, 0.25) is 0 Å². The largest absolute Gasteiger partial charge is 0.506 e. The molecule has 0 spiro atoms. The lowest BCUT2D eigenvalue weighted by Gasteiger charge is -2.37. The first-order valence-corrected chi connectivity index (χ1v) is 7.25. The van der Waals surface area contributed by atoms with Crippen molar-refractivity contribution < 1.29 is 15.3 Å². The predicted molar refractivity (Wildman–Crippen MR) is 76.3 cm³/mol. The van der Waals surface area contributed by atoms with Gasteiger partial charge >= 0.3 is 0 Å². The summed E-state index contributed by atoms with van der Waals surface area (Å²) in [5.41, 5.74) is 1.61. The second kappa shape index (κ2) is 6.52. The van der Waals surface area contributed by atoms with Gasteiger partial charge in [0, 0.05) is 29.4 Å². The molecule has 2 rings (SSSR count). The summed E-state index contributed by atoms with van der Waals surface area (Å²) in [7, 11) is 0. The minimum absolute atomic E-state index is 0.103. The van der Waals surface area contributed by atoms with Gasteiger partial charge in [-0.3, -0.25) is 4.98 Å². The highest BCUT2D eigenvalue weighted by Crippen LogP contribution is 2.30. The van der Waals surface area contributed by atoms with Crippen LogP contribution in [0.1, 0.15) is 48.9 Å². The molecule has 112 valence electrons. The highest BCUT2D eigenvalue weighted by atomic mass is 16.3. The van der Waals surface area contributed by atoms with Crippen molar-refractivity contribution in [3.63, 3.8) is 0 Å². The first-order chi connectivity index (χ1) is 9.62. The van der Waals surface area contributed by atoms with E-state index in [1.54, 1.807) is 13.1 Å². The predicted octanol–water partition coefficient (Wildman–Crippen LogP) is 1.37. The molecule has 0 atom stereocenters. The molecule has 1 aliphatic carbocycles. The quantitative estimate of drug-likeness (QED) is 0.654. The molecule has 0 saturated heterocycles. The van der Waals surface area contributed by atoms with Gasteiger partial charge < -0.3 is 20.6 Å². The van der Waals surface area contributed by atoms with Gasteiger partial charge in [-0.25, -0.2) is 0 Å². The molecule has 1 fully saturated rings.